The van der Waals surface area contributed by atoms with Gasteiger partial charge in [0.2, 0.25) is 5.91 Å². The van der Waals surface area contributed by atoms with Crippen LogP contribution in [0.3, 0.4) is 0 Å². The van der Waals surface area contributed by atoms with Crippen molar-refractivity contribution in [3.8, 4) is 5.75 Å². The van der Waals surface area contributed by atoms with E-state index in [2.05, 4.69) is 5.32 Å². The van der Waals surface area contributed by atoms with Crippen molar-refractivity contribution in [2.45, 2.75) is 18.4 Å². The molecule has 1 N–H and O–H groups in total. The third-order valence-corrected chi connectivity index (χ3v) is 6.90. The van der Waals surface area contributed by atoms with Crippen LogP contribution in [-0.4, -0.2) is 57.2 Å². The Labute approximate surface area is 203 Å². The molecule has 8 nitrogen and oxygen atoms in total. The van der Waals surface area contributed by atoms with Crippen LogP contribution in [0.5, 0.6) is 5.75 Å². The molecular formula is C24H27N3O5S2. The Hall–Kier alpha value is -3.21. The van der Waals surface area contributed by atoms with Crippen LogP contribution in [0.15, 0.2) is 70.9 Å². The number of amides is 2. The molecular weight excluding hydrogens is 474 g/mol. The second-order valence-corrected chi connectivity index (χ2v) is 10.4. The van der Waals surface area contributed by atoms with Crippen molar-refractivity contribution in [2.75, 3.05) is 32.5 Å². The number of nitrogens with zero attached hydrogens (tertiary/aromatic N) is 2. The van der Waals surface area contributed by atoms with E-state index in [-0.39, 0.29) is 22.5 Å². The minimum Gasteiger partial charge on any atom is -0.379 e. The lowest BCUT2D eigenvalue weighted by Crippen LogP contribution is -2.35. The zero-order chi connectivity index (χ0) is 24.7. The maximum atomic E-state index is 13.0. The summed E-state index contributed by atoms with van der Waals surface area (Å²) in [6.45, 7) is 2.90. The second-order valence-electron chi connectivity index (χ2n) is 7.90. The summed E-state index contributed by atoms with van der Waals surface area (Å²) in [6, 6.07) is 16.0. The highest BCUT2D eigenvalue weighted by atomic mass is 32.2. The molecule has 0 aliphatic rings. The zero-order valence-corrected chi connectivity index (χ0v) is 20.9. The Kier molecular flexibility index (Phi) is 8.43. The molecule has 0 saturated heterocycles. The molecule has 10 heteroatoms. The van der Waals surface area contributed by atoms with Crippen LogP contribution in [0.25, 0.3) is 0 Å². The molecule has 0 atom stereocenters. The summed E-state index contributed by atoms with van der Waals surface area (Å²) in [5.74, 6) is -0.171. The minimum atomic E-state index is -4.08. The number of hydrogen-bond acceptors (Lipinski definition) is 7. The van der Waals surface area contributed by atoms with Gasteiger partial charge < -0.3 is 19.3 Å². The van der Waals surface area contributed by atoms with Gasteiger partial charge in [-0.15, -0.1) is 11.3 Å². The van der Waals surface area contributed by atoms with E-state index in [1.807, 2.05) is 36.5 Å². The van der Waals surface area contributed by atoms with Crippen LogP contribution in [0.1, 0.15) is 22.2 Å². The SMILES string of the molecule is CC(=O)Nc1ccc(S(=O)(=O)Oc2cccc(CN(CCN(C)C)C(=O)c3cccs3)c2)cc1. The van der Waals surface area contributed by atoms with E-state index in [1.54, 1.807) is 29.2 Å². The van der Waals surface area contributed by atoms with Crippen LogP contribution in [0, 0.1) is 0 Å². The third-order valence-electron chi connectivity index (χ3n) is 4.78. The molecule has 180 valence electrons. The highest BCUT2D eigenvalue weighted by Crippen LogP contribution is 2.23. The lowest BCUT2D eigenvalue weighted by molar-refractivity contribution is -0.114. The molecule has 0 radical (unpaired) electrons. The molecule has 34 heavy (non-hydrogen) atoms. The van der Waals surface area contributed by atoms with Gasteiger partial charge in [-0.05, 0) is 67.5 Å². The first-order chi connectivity index (χ1) is 16.1. The van der Waals surface area contributed by atoms with Crippen LogP contribution >= 0.6 is 11.3 Å². The number of hydrogen-bond donors (Lipinski definition) is 1. The monoisotopic (exact) mass is 501 g/mol. The van der Waals surface area contributed by atoms with Crippen LogP contribution < -0.4 is 9.50 Å². The maximum absolute atomic E-state index is 13.0. The van der Waals surface area contributed by atoms with Gasteiger partial charge in [-0.2, -0.15) is 8.42 Å². The summed E-state index contributed by atoms with van der Waals surface area (Å²) in [4.78, 5) is 28.5. The van der Waals surface area contributed by atoms with Gasteiger partial charge in [0.15, 0.2) is 0 Å². The molecule has 0 aliphatic carbocycles. The van der Waals surface area contributed by atoms with Gasteiger partial charge in [-0.1, -0.05) is 18.2 Å². The van der Waals surface area contributed by atoms with Crippen molar-refractivity contribution in [3.05, 3.63) is 76.5 Å². The van der Waals surface area contributed by atoms with Crippen molar-refractivity contribution in [3.63, 3.8) is 0 Å². The number of anilines is 1. The Bertz CT molecular complexity index is 1220. The molecule has 3 aromatic rings. The van der Waals surface area contributed by atoms with Crippen molar-refractivity contribution < 1.29 is 22.2 Å². The van der Waals surface area contributed by atoms with Crippen molar-refractivity contribution in [2.24, 2.45) is 0 Å². The highest BCUT2D eigenvalue weighted by molar-refractivity contribution is 7.87. The first-order valence-electron chi connectivity index (χ1n) is 10.5. The van der Waals surface area contributed by atoms with Gasteiger partial charge >= 0.3 is 10.1 Å². The number of likely N-dealkylation sites (N-methyl/N-ethyl adjacent to an activating group) is 1. The Morgan fingerprint density at radius 1 is 1.00 bits per heavy atom. The molecule has 1 aromatic heterocycles. The normalized spacial score (nSPS) is 11.3. The third kappa shape index (κ3) is 7.14. The van der Waals surface area contributed by atoms with Crippen LogP contribution in [0.4, 0.5) is 5.69 Å². The zero-order valence-electron chi connectivity index (χ0n) is 19.2. The van der Waals surface area contributed by atoms with E-state index in [4.69, 9.17) is 4.18 Å². The van der Waals surface area contributed by atoms with Gasteiger partial charge in [-0.25, -0.2) is 0 Å². The lowest BCUT2D eigenvalue weighted by atomic mass is 10.2. The number of carbonyl (C=O) groups excluding carboxylic acids is 2. The van der Waals surface area contributed by atoms with E-state index >= 15 is 0 Å². The quantitative estimate of drug-likeness (QED) is 0.426. The molecule has 0 unspecified atom stereocenters. The summed E-state index contributed by atoms with van der Waals surface area (Å²) in [5, 5.41) is 4.45. The number of benzene rings is 2. The molecule has 3 rings (SSSR count). The fourth-order valence-corrected chi connectivity index (χ4v) is 4.74. The van der Waals surface area contributed by atoms with Crippen molar-refractivity contribution >= 4 is 39.0 Å². The standard InChI is InChI=1S/C24H27N3O5S2/c1-18(28)25-20-9-11-22(12-10-20)34(30,31)32-21-7-4-6-19(16-21)17-27(14-13-26(2)3)24(29)23-8-5-15-33-23/h4-12,15-16H,13-14,17H2,1-3H3,(H,25,28). The molecule has 1 heterocycles. The lowest BCUT2D eigenvalue weighted by Gasteiger charge is -2.24. The largest absolute Gasteiger partial charge is 0.379 e. The number of carbonyl (C=O) groups is 2. The van der Waals surface area contributed by atoms with Gasteiger partial charge in [0.25, 0.3) is 5.91 Å². The fourth-order valence-electron chi connectivity index (χ4n) is 3.13. The molecule has 0 aliphatic heterocycles. The van der Waals surface area contributed by atoms with Crippen LogP contribution in [0.2, 0.25) is 0 Å². The molecule has 0 fully saturated rings. The van der Waals surface area contributed by atoms with Gasteiger partial charge in [0.1, 0.15) is 10.6 Å². The summed E-state index contributed by atoms with van der Waals surface area (Å²) in [6.07, 6.45) is 0. The maximum Gasteiger partial charge on any atom is 0.339 e. The van der Waals surface area contributed by atoms with Gasteiger partial charge in [-0.3, -0.25) is 9.59 Å². The summed E-state index contributed by atoms with van der Waals surface area (Å²) < 4.78 is 30.8. The summed E-state index contributed by atoms with van der Waals surface area (Å²) in [5.41, 5.74) is 1.24. The first kappa shape index (κ1) is 25.4. The average Bonchev–Trinajstić information content (AvgIpc) is 3.31. The number of rotatable bonds is 10. The number of thiophene rings is 1. The fraction of sp³-hybridized carbons (Fsp3) is 0.250. The highest BCUT2D eigenvalue weighted by Gasteiger charge is 2.19. The average molecular weight is 502 g/mol. The molecule has 2 aromatic carbocycles. The van der Waals surface area contributed by atoms with Gasteiger partial charge in [0, 0.05) is 32.2 Å². The predicted octanol–water partition coefficient (Wildman–Crippen LogP) is 3.68. The summed E-state index contributed by atoms with van der Waals surface area (Å²) in [7, 11) is -0.195. The Balaban J connectivity index is 1.75. The van der Waals surface area contributed by atoms with Crippen molar-refractivity contribution in [1.29, 1.82) is 0 Å². The summed E-state index contributed by atoms with van der Waals surface area (Å²) >= 11 is 1.38. The van der Waals surface area contributed by atoms with Crippen LogP contribution in [-0.2, 0) is 21.5 Å². The van der Waals surface area contributed by atoms with E-state index in [1.165, 1.54) is 42.5 Å². The Morgan fingerprint density at radius 2 is 1.74 bits per heavy atom. The first-order valence-corrected chi connectivity index (χ1v) is 12.8. The predicted molar refractivity (Wildman–Crippen MR) is 133 cm³/mol. The smallest absolute Gasteiger partial charge is 0.339 e. The Morgan fingerprint density at radius 3 is 2.35 bits per heavy atom. The number of nitrogens with one attached hydrogen (secondary N) is 1. The van der Waals surface area contributed by atoms with E-state index in [9.17, 15) is 18.0 Å². The van der Waals surface area contributed by atoms with E-state index in [0.717, 1.165) is 5.56 Å². The van der Waals surface area contributed by atoms with E-state index < -0.39 is 10.1 Å². The topological polar surface area (TPSA) is 96.0 Å². The second kappa shape index (κ2) is 11.3. The minimum absolute atomic E-state index is 0.0347. The molecule has 0 bridgehead atoms. The molecule has 0 spiro atoms. The molecule has 2 amide bonds. The van der Waals surface area contributed by atoms with Gasteiger partial charge in [0.05, 0.1) is 4.88 Å². The van der Waals surface area contributed by atoms with E-state index in [0.29, 0.717) is 30.2 Å². The molecule has 0 saturated carbocycles. The van der Waals surface area contributed by atoms with Crippen molar-refractivity contribution in [1.82, 2.24) is 9.80 Å².